The molecule has 0 spiro atoms. The van der Waals surface area contributed by atoms with Crippen molar-refractivity contribution in [3.63, 3.8) is 0 Å². The smallest absolute Gasteiger partial charge is 0.131 e. The molecule has 1 aromatic heterocycles. The molecule has 1 aliphatic rings. The number of rotatable bonds is 2. The van der Waals surface area contributed by atoms with Gasteiger partial charge in [-0.2, -0.15) is 16.9 Å². The van der Waals surface area contributed by atoms with Crippen LogP contribution in [0.4, 0.5) is 5.82 Å². The van der Waals surface area contributed by atoms with Gasteiger partial charge < -0.3 is 4.90 Å². The number of anilines is 1. The number of hydrogen-bond acceptors (Lipinski definition) is 3. The van der Waals surface area contributed by atoms with Gasteiger partial charge in [0.15, 0.2) is 0 Å². The van der Waals surface area contributed by atoms with Crippen LogP contribution in [0, 0.1) is 6.92 Å². The maximum Gasteiger partial charge on any atom is 0.131 e. The van der Waals surface area contributed by atoms with Gasteiger partial charge in [-0.3, -0.25) is 4.68 Å². The summed E-state index contributed by atoms with van der Waals surface area (Å²) in [5.41, 5.74) is 2.23. The maximum atomic E-state index is 6.06. The molecule has 2 rings (SSSR count). The van der Waals surface area contributed by atoms with Crippen molar-refractivity contribution in [2.24, 2.45) is 7.05 Å². The number of aryl methyl sites for hydroxylation is 2. The van der Waals surface area contributed by atoms with E-state index in [0.717, 1.165) is 18.8 Å². The second kappa shape index (κ2) is 5.11. The highest BCUT2D eigenvalue weighted by atomic mass is 35.5. The Labute approximate surface area is 113 Å². The minimum atomic E-state index is 0.543. The first kappa shape index (κ1) is 13.1. The summed E-state index contributed by atoms with van der Waals surface area (Å²) >= 11 is 8.12. The van der Waals surface area contributed by atoms with Crippen molar-refractivity contribution in [3.8, 4) is 0 Å². The third kappa shape index (κ3) is 2.58. The molecule has 0 saturated carbocycles. The van der Waals surface area contributed by atoms with Gasteiger partial charge in [0.05, 0.1) is 11.6 Å². The second-order valence-electron chi connectivity index (χ2n) is 4.81. The molecule has 1 fully saturated rings. The standard InChI is InChI=1S/C12H20ClN3S/c1-8-6-16(7-9(2)17-8)12-11(5-13)10(3)14-15(12)4/h8-9H,5-7H2,1-4H3. The molecule has 2 unspecified atom stereocenters. The SMILES string of the molecule is Cc1nn(C)c(N2CC(C)SC(C)C2)c1CCl. The maximum absolute atomic E-state index is 6.06. The lowest BCUT2D eigenvalue weighted by Gasteiger charge is -2.36. The largest absolute Gasteiger partial charge is 0.354 e. The van der Waals surface area contributed by atoms with Crippen molar-refractivity contribution in [3.05, 3.63) is 11.3 Å². The Bertz CT molecular complexity index is 395. The molecule has 17 heavy (non-hydrogen) atoms. The summed E-state index contributed by atoms with van der Waals surface area (Å²) in [5, 5.41) is 5.82. The van der Waals surface area contributed by atoms with Crippen molar-refractivity contribution in [1.29, 1.82) is 0 Å². The highest BCUT2D eigenvalue weighted by molar-refractivity contribution is 8.00. The Morgan fingerprint density at radius 2 is 1.94 bits per heavy atom. The zero-order valence-corrected chi connectivity index (χ0v) is 12.5. The molecule has 0 radical (unpaired) electrons. The topological polar surface area (TPSA) is 21.1 Å². The first-order chi connectivity index (χ1) is 8.02. The average molecular weight is 274 g/mol. The van der Waals surface area contributed by atoms with Gasteiger partial charge in [-0.15, -0.1) is 11.6 Å². The van der Waals surface area contributed by atoms with Crippen LogP contribution in [0.1, 0.15) is 25.1 Å². The van der Waals surface area contributed by atoms with Gasteiger partial charge in [-0.1, -0.05) is 13.8 Å². The summed E-state index contributed by atoms with van der Waals surface area (Å²) in [6, 6.07) is 0. The number of hydrogen-bond donors (Lipinski definition) is 0. The van der Waals surface area contributed by atoms with E-state index in [4.69, 9.17) is 11.6 Å². The summed E-state index contributed by atoms with van der Waals surface area (Å²) in [7, 11) is 2.01. The van der Waals surface area contributed by atoms with Crippen molar-refractivity contribution in [1.82, 2.24) is 9.78 Å². The molecule has 1 aliphatic heterocycles. The Morgan fingerprint density at radius 1 is 1.35 bits per heavy atom. The zero-order chi connectivity index (χ0) is 12.6. The van der Waals surface area contributed by atoms with Gasteiger partial charge in [0, 0.05) is 36.2 Å². The Hall–Kier alpha value is -0.350. The summed E-state index contributed by atoms with van der Waals surface area (Å²) in [6.45, 7) is 8.77. The monoisotopic (exact) mass is 273 g/mol. The van der Waals surface area contributed by atoms with E-state index in [2.05, 4.69) is 35.6 Å². The highest BCUT2D eigenvalue weighted by Gasteiger charge is 2.26. The van der Waals surface area contributed by atoms with E-state index in [9.17, 15) is 0 Å². The van der Waals surface area contributed by atoms with Gasteiger partial charge in [0.25, 0.3) is 0 Å². The van der Waals surface area contributed by atoms with Gasteiger partial charge >= 0.3 is 0 Å². The van der Waals surface area contributed by atoms with Crippen molar-refractivity contribution < 1.29 is 0 Å². The van der Waals surface area contributed by atoms with E-state index >= 15 is 0 Å². The lowest BCUT2D eigenvalue weighted by Crippen LogP contribution is -2.41. The number of halogens is 1. The molecule has 2 atom stereocenters. The van der Waals surface area contributed by atoms with E-state index in [1.165, 1.54) is 11.4 Å². The zero-order valence-electron chi connectivity index (χ0n) is 10.9. The van der Waals surface area contributed by atoms with Crippen LogP contribution in [0.25, 0.3) is 0 Å². The van der Waals surface area contributed by atoms with Crippen LogP contribution in [0.15, 0.2) is 0 Å². The van der Waals surface area contributed by atoms with Gasteiger partial charge in [-0.05, 0) is 6.92 Å². The minimum Gasteiger partial charge on any atom is -0.354 e. The Balaban J connectivity index is 2.32. The third-order valence-corrected chi connectivity index (χ3v) is 4.66. The molecule has 0 aromatic carbocycles. The molecule has 0 bridgehead atoms. The van der Waals surface area contributed by atoms with Crippen molar-refractivity contribution in [2.75, 3.05) is 18.0 Å². The Kier molecular flexibility index (Phi) is 3.93. The van der Waals surface area contributed by atoms with Crippen LogP contribution in [-0.2, 0) is 12.9 Å². The van der Waals surface area contributed by atoms with E-state index in [0.29, 0.717) is 16.4 Å². The second-order valence-corrected chi connectivity index (χ2v) is 6.96. The predicted octanol–water partition coefficient (Wildman–Crippen LogP) is 2.80. The molecule has 3 nitrogen and oxygen atoms in total. The summed E-state index contributed by atoms with van der Waals surface area (Å²) in [5.74, 6) is 1.75. The minimum absolute atomic E-state index is 0.543. The average Bonchev–Trinajstić information content (AvgIpc) is 2.51. The lowest BCUT2D eigenvalue weighted by molar-refractivity contribution is 0.668. The van der Waals surface area contributed by atoms with Crippen LogP contribution >= 0.6 is 23.4 Å². The normalized spacial score (nSPS) is 25.4. The van der Waals surface area contributed by atoms with Gasteiger partial charge in [0.1, 0.15) is 5.82 Å². The molecule has 96 valence electrons. The number of nitrogens with zero attached hydrogens (tertiary/aromatic N) is 3. The molecule has 0 amide bonds. The van der Waals surface area contributed by atoms with E-state index < -0.39 is 0 Å². The molecular formula is C12H20ClN3S. The fourth-order valence-corrected chi connectivity index (χ4v) is 4.23. The van der Waals surface area contributed by atoms with Gasteiger partial charge in [-0.25, -0.2) is 0 Å². The summed E-state index contributed by atoms with van der Waals surface area (Å²) < 4.78 is 1.97. The molecule has 1 aromatic rings. The molecule has 5 heteroatoms. The molecular weight excluding hydrogens is 254 g/mol. The van der Waals surface area contributed by atoms with Crippen LogP contribution in [0.2, 0.25) is 0 Å². The first-order valence-corrected chi connectivity index (χ1v) is 7.49. The molecule has 0 N–H and O–H groups in total. The van der Waals surface area contributed by atoms with Crippen LogP contribution in [-0.4, -0.2) is 33.4 Å². The summed E-state index contributed by atoms with van der Waals surface area (Å²) in [4.78, 5) is 2.43. The predicted molar refractivity (Wildman–Crippen MR) is 76.2 cm³/mol. The van der Waals surface area contributed by atoms with E-state index in [1.54, 1.807) is 0 Å². The fourth-order valence-electron chi connectivity index (χ4n) is 2.59. The van der Waals surface area contributed by atoms with Crippen LogP contribution in [0.3, 0.4) is 0 Å². The lowest BCUT2D eigenvalue weighted by atomic mass is 10.2. The number of thioether (sulfide) groups is 1. The quantitative estimate of drug-likeness (QED) is 0.773. The van der Waals surface area contributed by atoms with Crippen molar-refractivity contribution in [2.45, 2.75) is 37.2 Å². The van der Waals surface area contributed by atoms with E-state index in [1.807, 2.05) is 18.7 Å². The number of alkyl halides is 1. The van der Waals surface area contributed by atoms with Crippen LogP contribution < -0.4 is 4.90 Å². The third-order valence-electron chi connectivity index (χ3n) is 3.17. The first-order valence-electron chi connectivity index (χ1n) is 6.01. The van der Waals surface area contributed by atoms with Crippen LogP contribution in [0.5, 0.6) is 0 Å². The van der Waals surface area contributed by atoms with Gasteiger partial charge in [0.2, 0.25) is 0 Å². The van der Waals surface area contributed by atoms with Crippen molar-refractivity contribution >= 4 is 29.2 Å². The van der Waals surface area contributed by atoms with E-state index in [-0.39, 0.29) is 0 Å². The molecule has 1 saturated heterocycles. The molecule has 0 aliphatic carbocycles. The number of aromatic nitrogens is 2. The fraction of sp³-hybridized carbons (Fsp3) is 0.750. The summed E-state index contributed by atoms with van der Waals surface area (Å²) in [6.07, 6.45) is 0. The Morgan fingerprint density at radius 3 is 2.47 bits per heavy atom. The molecule has 2 heterocycles. The highest BCUT2D eigenvalue weighted by Crippen LogP contribution is 2.32.